The molecule has 13 heavy (non-hydrogen) atoms. The monoisotopic (exact) mass is 185 g/mol. The van der Waals surface area contributed by atoms with Crippen LogP contribution in [0.25, 0.3) is 0 Å². The van der Waals surface area contributed by atoms with Crippen LogP contribution in [0.4, 0.5) is 0 Å². The van der Waals surface area contributed by atoms with Gasteiger partial charge < -0.3 is 15.2 Å². The maximum Gasteiger partial charge on any atom is 0.169 e. The van der Waals surface area contributed by atoms with E-state index >= 15 is 0 Å². The summed E-state index contributed by atoms with van der Waals surface area (Å²) in [4.78, 5) is 0. The lowest BCUT2D eigenvalue weighted by atomic mass is 9.86. The van der Waals surface area contributed by atoms with E-state index in [1.54, 1.807) is 0 Å². The second-order valence-electron chi connectivity index (χ2n) is 4.40. The SMILES string of the molecule is CC1CCCC2(C1)OCC(CN)O2. The molecule has 0 aromatic rings. The summed E-state index contributed by atoms with van der Waals surface area (Å²) >= 11 is 0. The summed E-state index contributed by atoms with van der Waals surface area (Å²) in [6.07, 6.45) is 4.75. The van der Waals surface area contributed by atoms with E-state index in [2.05, 4.69) is 6.92 Å². The topological polar surface area (TPSA) is 44.5 Å². The Morgan fingerprint density at radius 1 is 1.54 bits per heavy atom. The van der Waals surface area contributed by atoms with Gasteiger partial charge >= 0.3 is 0 Å². The quantitative estimate of drug-likeness (QED) is 0.669. The van der Waals surface area contributed by atoms with Crippen molar-refractivity contribution in [2.45, 2.75) is 44.5 Å². The molecule has 3 unspecified atom stereocenters. The van der Waals surface area contributed by atoms with Crippen LogP contribution in [0.1, 0.15) is 32.6 Å². The highest BCUT2D eigenvalue weighted by molar-refractivity contribution is 4.84. The summed E-state index contributed by atoms with van der Waals surface area (Å²) in [6, 6.07) is 0. The number of hydrogen-bond donors (Lipinski definition) is 1. The molecule has 1 saturated heterocycles. The van der Waals surface area contributed by atoms with Gasteiger partial charge in [0.05, 0.1) is 12.7 Å². The lowest BCUT2D eigenvalue weighted by Gasteiger charge is -2.35. The molecule has 1 saturated carbocycles. The zero-order valence-corrected chi connectivity index (χ0v) is 8.29. The first-order valence-corrected chi connectivity index (χ1v) is 5.26. The molecular formula is C10H19NO2. The predicted molar refractivity (Wildman–Crippen MR) is 50.2 cm³/mol. The fraction of sp³-hybridized carbons (Fsp3) is 1.00. The average molecular weight is 185 g/mol. The zero-order chi connectivity index (χ0) is 9.31. The maximum atomic E-state index is 5.86. The van der Waals surface area contributed by atoms with Gasteiger partial charge in [-0.15, -0.1) is 0 Å². The van der Waals surface area contributed by atoms with Crippen molar-refractivity contribution in [1.82, 2.24) is 0 Å². The van der Waals surface area contributed by atoms with Crippen molar-refractivity contribution in [3.05, 3.63) is 0 Å². The van der Waals surface area contributed by atoms with Gasteiger partial charge in [-0.2, -0.15) is 0 Å². The second kappa shape index (κ2) is 3.56. The third-order valence-corrected chi connectivity index (χ3v) is 3.09. The molecule has 76 valence electrons. The average Bonchev–Trinajstić information content (AvgIpc) is 2.48. The first-order chi connectivity index (χ1) is 6.24. The van der Waals surface area contributed by atoms with E-state index < -0.39 is 0 Å². The van der Waals surface area contributed by atoms with Crippen molar-refractivity contribution in [1.29, 1.82) is 0 Å². The van der Waals surface area contributed by atoms with Gasteiger partial charge in [-0.05, 0) is 12.3 Å². The van der Waals surface area contributed by atoms with Crippen molar-refractivity contribution < 1.29 is 9.47 Å². The first-order valence-electron chi connectivity index (χ1n) is 5.26. The van der Waals surface area contributed by atoms with Crippen LogP contribution in [0, 0.1) is 5.92 Å². The van der Waals surface area contributed by atoms with Crippen LogP contribution in [0.2, 0.25) is 0 Å². The van der Waals surface area contributed by atoms with Gasteiger partial charge in [-0.25, -0.2) is 0 Å². The smallest absolute Gasteiger partial charge is 0.169 e. The van der Waals surface area contributed by atoms with E-state index in [4.69, 9.17) is 15.2 Å². The Balaban J connectivity index is 1.97. The van der Waals surface area contributed by atoms with Gasteiger partial charge in [-0.3, -0.25) is 0 Å². The van der Waals surface area contributed by atoms with Crippen molar-refractivity contribution in [3.63, 3.8) is 0 Å². The predicted octanol–water partition coefficient (Wildman–Crippen LogP) is 1.27. The number of nitrogens with two attached hydrogens (primary N) is 1. The van der Waals surface area contributed by atoms with E-state index in [1.165, 1.54) is 12.8 Å². The third-order valence-electron chi connectivity index (χ3n) is 3.09. The molecule has 2 aliphatic rings. The molecule has 0 radical (unpaired) electrons. The minimum Gasteiger partial charge on any atom is -0.347 e. The molecule has 1 heterocycles. The van der Waals surface area contributed by atoms with Crippen molar-refractivity contribution in [2.24, 2.45) is 11.7 Å². The number of ether oxygens (including phenoxy) is 2. The van der Waals surface area contributed by atoms with Crippen LogP contribution < -0.4 is 5.73 Å². The van der Waals surface area contributed by atoms with Gasteiger partial charge in [0.2, 0.25) is 0 Å². The Morgan fingerprint density at radius 3 is 3.00 bits per heavy atom. The molecule has 0 aromatic carbocycles. The molecule has 3 nitrogen and oxygen atoms in total. The molecule has 2 rings (SSSR count). The number of rotatable bonds is 1. The number of hydrogen-bond acceptors (Lipinski definition) is 3. The molecule has 1 aliphatic carbocycles. The van der Waals surface area contributed by atoms with Crippen LogP contribution in [0.15, 0.2) is 0 Å². The second-order valence-corrected chi connectivity index (χ2v) is 4.40. The Kier molecular flexibility index (Phi) is 2.58. The molecule has 2 fully saturated rings. The summed E-state index contributed by atoms with van der Waals surface area (Å²) in [6.45, 7) is 3.53. The van der Waals surface area contributed by atoms with Gasteiger partial charge in [-0.1, -0.05) is 13.3 Å². The summed E-state index contributed by atoms with van der Waals surface area (Å²) in [7, 11) is 0. The Labute approximate surface area is 79.6 Å². The zero-order valence-electron chi connectivity index (χ0n) is 8.29. The van der Waals surface area contributed by atoms with Crippen LogP contribution in [0.5, 0.6) is 0 Å². The highest BCUT2D eigenvalue weighted by Crippen LogP contribution is 2.39. The minimum absolute atomic E-state index is 0.130. The molecular weight excluding hydrogens is 166 g/mol. The van der Waals surface area contributed by atoms with Crippen LogP contribution in [0.3, 0.4) is 0 Å². The highest BCUT2D eigenvalue weighted by Gasteiger charge is 2.43. The standard InChI is InChI=1S/C10H19NO2/c1-8-3-2-4-10(5-8)12-7-9(6-11)13-10/h8-9H,2-7,11H2,1H3. The summed E-state index contributed by atoms with van der Waals surface area (Å²) in [5.41, 5.74) is 5.55. The largest absolute Gasteiger partial charge is 0.347 e. The summed E-state index contributed by atoms with van der Waals surface area (Å²) in [5.74, 6) is 0.465. The van der Waals surface area contributed by atoms with Crippen molar-refractivity contribution in [2.75, 3.05) is 13.2 Å². The lowest BCUT2D eigenvalue weighted by molar-refractivity contribution is -0.194. The van der Waals surface area contributed by atoms with E-state index in [1.807, 2.05) is 0 Å². The lowest BCUT2D eigenvalue weighted by Crippen LogP contribution is -2.37. The molecule has 2 N–H and O–H groups in total. The van der Waals surface area contributed by atoms with Crippen molar-refractivity contribution in [3.8, 4) is 0 Å². The molecule has 3 heteroatoms. The first kappa shape index (κ1) is 9.44. The van der Waals surface area contributed by atoms with Crippen LogP contribution in [-0.2, 0) is 9.47 Å². The van der Waals surface area contributed by atoms with Crippen molar-refractivity contribution >= 4 is 0 Å². The van der Waals surface area contributed by atoms with Gasteiger partial charge in [0.15, 0.2) is 5.79 Å². The summed E-state index contributed by atoms with van der Waals surface area (Å²) < 4.78 is 11.6. The van der Waals surface area contributed by atoms with Crippen LogP contribution in [-0.4, -0.2) is 25.0 Å². The van der Waals surface area contributed by atoms with Gasteiger partial charge in [0.25, 0.3) is 0 Å². The Bertz CT molecular complexity index is 186. The normalized spacial score (nSPS) is 45.7. The molecule has 3 atom stereocenters. The molecule has 1 aliphatic heterocycles. The maximum absolute atomic E-state index is 5.86. The molecule has 0 bridgehead atoms. The third kappa shape index (κ3) is 1.87. The minimum atomic E-state index is -0.262. The fourth-order valence-electron chi connectivity index (χ4n) is 2.43. The Morgan fingerprint density at radius 2 is 2.38 bits per heavy atom. The molecule has 0 amide bonds. The molecule has 0 aromatic heterocycles. The fourth-order valence-corrected chi connectivity index (χ4v) is 2.43. The van der Waals surface area contributed by atoms with E-state index in [9.17, 15) is 0 Å². The summed E-state index contributed by atoms with van der Waals surface area (Å²) in [5, 5.41) is 0. The van der Waals surface area contributed by atoms with Crippen LogP contribution >= 0.6 is 0 Å². The van der Waals surface area contributed by atoms with E-state index in [0.29, 0.717) is 13.2 Å². The Hall–Kier alpha value is -0.120. The van der Waals surface area contributed by atoms with Gasteiger partial charge in [0, 0.05) is 19.4 Å². The van der Waals surface area contributed by atoms with E-state index in [-0.39, 0.29) is 11.9 Å². The highest BCUT2D eigenvalue weighted by atomic mass is 16.7. The van der Waals surface area contributed by atoms with E-state index in [0.717, 1.165) is 18.8 Å². The molecule has 1 spiro atoms. The van der Waals surface area contributed by atoms with Gasteiger partial charge in [0.1, 0.15) is 0 Å².